The minimum absolute atomic E-state index is 0.0294. The van der Waals surface area contributed by atoms with E-state index in [0.717, 1.165) is 16.7 Å². The van der Waals surface area contributed by atoms with Crippen LogP contribution in [0.15, 0.2) is 22.6 Å². The molecule has 0 saturated carbocycles. The summed E-state index contributed by atoms with van der Waals surface area (Å²) in [5.41, 5.74) is 8.38. The van der Waals surface area contributed by atoms with Crippen molar-refractivity contribution in [1.82, 2.24) is 4.98 Å². The van der Waals surface area contributed by atoms with E-state index in [1.54, 1.807) is 0 Å². The summed E-state index contributed by atoms with van der Waals surface area (Å²) in [5, 5.41) is 9.49. The fraction of sp³-hybridized carbons (Fsp3) is 0.462. The molecule has 0 radical (unpaired) electrons. The van der Waals surface area contributed by atoms with Gasteiger partial charge in [0.1, 0.15) is 5.52 Å². The number of aromatic nitrogens is 1. The van der Waals surface area contributed by atoms with E-state index in [2.05, 4.69) is 4.98 Å². The van der Waals surface area contributed by atoms with Crippen molar-refractivity contribution in [2.24, 2.45) is 11.1 Å². The largest absolute Gasteiger partial charge is 0.441 e. The van der Waals surface area contributed by atoms with Crippen molar-refractivity contribution in [2.75, 3.05) is 19.8 Å². The van der Waals surface area contributed by atoms with Gasteiger partial charge in [0.05, 0.1) is 25.2 Å². The first-order valence-electron chi connectivity index (χ1n) is 5.96. The second kappa shape index (κ2) is 4.05. The lowest BCUT2D eigenvalue weighted by molar-refractivity contribution is -0.150. The molecule has 96 valence electrons. The monoisotopic (exact) mass is 248 g/mol. The standard InChI is InChI=1S/C13H16N2O3/c1-8-15-10-3-2-9(4-11(10)18-8)12(14)13(5-16)6-17-7-13/h2-4,12,16H,5-7,14H2,1H3. The lowest BCUT2D eigenvalue weighted by Gasteiger charge is -2.44. The third-order valence-corrected chi connectivity index (χ3v) is 3.63. The number of nitrogens with zero attached hydrogens (tertiary/aromatic N) is 1. The minimum Gasteiger partial charge on any atom is -0.441 e. The third kappa shape index (κ3) is 1.63. The summed E-state index contributed by atoms with van der Waals surface area (Å²) in [5.74, 6) is 0.638. The van der Waals surface area contributed by atoms with E-state index in [1.807, 2.05) is 25.1 Å². The summed E-state index contributed by atoms with van der Waals surface area (Å²) in [6.07, 6.45) is 0. The number of aliphatic hydroxyl groups excluding tert-OH is 1. The van der Waals surface area contributed by atoms with Gasteiger partial charge in [0.2, 0.25) is 0 Å². The van der Waals surface area contributed by atoms with Gasteiger partial charge in [-0.25, -0.2) is 4.98 Å². The molecule has 1 fully saturated rings. The van der Waals surface area contributed by atoms with Crippen LogP contribution in [-0.4, -0.2) is 29.9 Å². The molecule has 0 aliphatic carbocycles. The van der Waals surface area contributed by atoms with E-state index in [4.69, 9.17) is 14.9 Å². The number of hydrogen-bond acceptors (Lipinski definition) is 5. The van der Waals surface area contributed by atoms with E-state index < -0.39 is 0 Å². The van der Waals surface area contributed by atoms with Crippen LogP contribution in [0.5, 0.6) is 0 Å². The van der Waals surface area contributed by atoms with Gasteiger partial charge in [-0.1, -0.05) is 6.07 Å². The van der Waals surface area contributed by atoms with E-state index in [-0.39, 0.29) is 18.1 Å². The van der Waals surface area contributed by atoms with Crippen molar-refractivity contribution < 1.29 is 14.3 Å². The Morgan fingerprint density at radius 3 is 2.89 bits per heavy atom. The zero-order valence-electron chi connectivity index (χ0n) is 10.2. The van der Waals surface area contributed by atoms with Crippen LogP contribution in [0.25, 0.3) is 11.1 Å². The average molecular weight is 248 g/mol. The Bertz CT molecular complexity index is 569. The molecule has 18 heavy (non-hydrogen) atoms. The van der Waals surface area contributed by atoms with Crippen LogP contribution in [0.2, 0.25) is 0 Å². The predicted octanol–water partition coefficient (Wildman–Crippen LogP) is 1.14. The molecule has 0 spiro atoms. The number of hydrogen-bond donors (Lipinski definition) is 2. The van der Waals surface area contributed by atoms with Gasteiger partial charge >= 0.3 is 0 Å². The molecule has 1 aromatic carbocycles. The summed E-state index contributed by atoms with van der Waals surface area (Å²) >= 11 is 0. The average Bonchev–Trinajstić information content (AvgIpc) is 2.67. The Labute approximate surface area is 105 Å². The number of benzene rings is 1. The summed E-state index contributed by atoms with van der Waals surface area (Å²) < 4.78 is 10.7. The second-order valence-electron chi connectivity index (χ2n) is 4.95. The maximum Gasteiger partial charge on any atom is 0.192 e. The maximum atomic E-state index is 9.49. The van der Waals surface area contributed by atoms with Crippen molar-refractivity contribution in [3.8, 4) is 0 Å². The van der Waals surface area contributed by atoms with Gasteiger partial charge in [0.25, 0.3) is 0 Å². The summed E-state index contributed by atoms with van der Waals surface area (Å²) in [7, 11) is 0. The van der Waals surface area contributed by atoms with Crippen LogP contribution in [0, 0.1) is 12.3 Å². The molecule has 5 nitrogen and oxygen atoms in total. The second-order valence-corrected chi connectivity index (χ2v) is 4.95. The number of aliphatic hydroxyl groups is 1. The lowest BCUT2D eigenvalue weighted by Crippen LogP contribution is -2.52. The molecular weight excluding hydrogens is 232 g/mol. The van der Waals surface area contributed by atoms with Crippen LogP contribution in [-0.2, 0) is 4.74 Å². The number of aryl methyl sites for hydroxylation is 1. The Kier molecular flexibility index (Phi) is 2.62. The van der Waals surface area contributed by atoms with E-state index in [0.29, 0.717) is 19.1 Å². The smallest absolute Gasteiger partial charge is 0.192 e. The number of oxazole rings is 1. The quantitative estimate of drug-likeness (QED) is 0.851. The lowest BCUT2D eigenvalue weighted by atomic mass is 9.76. The molecular formula is C13H16N2O3. The molecule has 3 rings (SSSR count). The number of rotatable bonds is 3. The van der Waals surface area contributed by atoms with Crippen molar-refractivity contribution in [3.63, 3.8) is 0 Å². The Morgan fingerprint density at radius 1 is 1.50 bits per heavy atom. The van der Waals surface area contributed by atoms with E-state index >= 15 is 0 Å². The zero-order chi connectivity index (χ0) is 12.8. The third-order valence-electron chi connectivity index (χ3n) is 3.63. The molecule has 1 atom stereocenters. The first kappa shape index (κ1) is 11.6. The van der Waals surface area contributed by atoms with Crippen LogP contribution >= 0.6 is 0 Å². The minimum atomic E-state index is -0.358. The van der Waals surface area contributed by atoms with Crippen molar-refractivity contribution in [1.29, 1.82) is 0 Å². The van der Waals surface area contributed by atoms with Gasteiger partial charge in [0.15, 0.2) is 11.5 Å². The molecule has 1 aromatic heterocycles. The first-order valence-corrected chi connectivity index (χ1v) is 5.96. The van der Waals surface area contributed by atoms with Crippen LogP contribution in [0.4, 0.5) is 0 Å². The Morgan fingerprint density at radius 2 is 2.28 bits per heavy atom. The molecule has 1 unspecified atom stereocenters. The van der Waals surface area contributed by atoms with Crippen LogP contribution in [0.3, 0.4) is 0 Å². The number of fused-ring (bicyclic) bond motifs is 1. The van der Waals surface area contributed by atoms with Crippen molar-refractivity contribution in [2.45, 2.75) is 13.0 Å². The summed E-state index contributed by atoms with van der Waals surface area (Å²) in [4.78, 5) is 4.25. The molecule has 0 amide bonds. The molecule has 0 bridgehead atoms. The summed E-state index contributed by atoms with van der Waals surface area (Å²) in [6, 6.07) is 5.47. The highest BCUT2D eigenvalue weighted by atomic mass is 16.5. The highest BCUT2D eigenvalue weighted by Crippen LogP contribution is 2.39. The van der Waals surface area contributed by atoms with Crippen LogP contribution in [0.1, 0.15) is 17.5 Å². The molecule has 2 heterocycles. The topological polar surface area (TPSA) is 81.5 Å². The normalized spacial score (nSPS) is 19.7. The Hall–Kier alpha value is -1.43. The molecule has 5 heteroatoms. The zero-order valence-corrected chi connectivity index (χ0v) is 10.2. The van der Waals surface area contributed by atoms with Crippen molar-refractivity contribution in [3.05, 3.63) is 29.7 Å². The molecule has 3 N–H and O–H groups in total. The summed E-state index contributed by atoms with van der Waals surface area (Å²) in [6.45, 7) is 2.84. The van der Waals surface area contributed by atoms with Gasteiger partial charge < -0.3 is 20.0 Å². The fourth-order valence-corrected chi connectivity index (χ4v) is 2.34. The highest BCUT2D eigenvalue weighted by Gasteiger charge is 2.44. The predicted molar refractivity (Wildman–Crippen MR) is 66.0 cm³/mol. The van der Waals surface area contributed by atoms with Gasteiger partial charge in [-0.15, -0.1) is 0 Å². The molecule has 2 aromatic rings. The number of ether oxygens (including phenoxy) is 1. The van der Waals surface area contributed by atoms with Gasteiger partial charge in [0, 0.05) is 13.0 Å². The molecule has 1 saturated heterocycles. The van der Waals surface area contributed by atoms with Gasteiger partial charge in [-0.05, 0) is 17.7 Å². The van der Waals surface area contributed by atoms with Gasteiger partial charge in [-0.2, -0.15) is 0 Å². The Balaban J connectivity index is 1.98. The first-order chi connectivity index (χ1) is 8.64. The van der Waals surface area contributed by atoms with Crippen molar-refractivity contribution >= 4 is 11.1 Å². The number of nitrogens with two attached hydrogens (primary N) is 1. The molecule has 1 aliphatic rings. The van der Waals surface area contributed by atoms with E-state index in [1.165, 1.54) is 0 Å². The highest BCUT2D eigenvalue weighted by molar-refractivity contribution is 5.73. The maximum absolute atomic E-state index is 9.49. The fourth-order valence-electron chi connectivity index (χ4n) is 2.34. The molecule has 1 aliphatic heterocycles. The SMILES string of the molecule is Cc1nc2ccc(C(N)C3(CO)COC3)cc2o1. The van der Waals surface area contributed by atoms with E-state index in [9.17, 15) is 5.11 Å². The van der Waals surface area contributed by atoms with Gasteiger partial charge in [-0.3, -0.25) is 0 Å². The van der Waals surface area contributed by atoms with Crippen LogP contribution < -0.4 is 5.73 Å².